The SMILES string of the molecule is N#Cc1cc(C(=O)OCCO)ccc1-c1ccc2cc(O)ccc2n1. The third-order valence-corrected chi connectivity index (χ3v) is 3.65. The van der Waals surface area contributed by atoms with Crippen molar-refractivity contribution in [1.82, 2.24) is 4.98 Å². The van der Waals surface area contributed by atoms with Crippen LogP contribution in [0.5, 0.6) is 5.75 Å². The van der Waals surface area contributed by atoms with Crippen LogP contribution in [0, 0.1) is 11.3 Å². The predicted molar refractivity (Wildman–Crippen MR) is 90.9 cm³/mol. The van der Waals surface area contributed by atoms with Crippen molar-refractivity contribution in [3.63, 3.8) is 0 Å². The van der Waals surface area contributed by atoms with E-state index in [1.807, 2.05) is 6.07 Å². The van der Waals surface area contributed by atoms with Crippen LogP contribution < -0.4 is 0 Å². The second-order valence-electron chi connectivity index (χ2n) is 5.31. The van der Waals surface area contributed by atoms with E-state index in [0.717, 1.165) is 5.39 Å². The minimum atomic E-state index is -0.598. The summed E-state index contributed by atoms with van der Waals surface area (Å²) in [5.74, 6) is -0.440. The molecule has 0 fully saturated rings. The van der Waals surface area contributed by atoms with Crippen molar-refractivity contribution < 1.29 is 19.7 Å². The van der Waals surface area contributed by atoms with Gasteiger partial charge < -0.3 is 14.9 Å². The molecule has 0 atom stereocenters. The van der Waals surface area contributed by atoms with Gasteiger partial charge in [0.15, 0.2) is 0 Å². The summed E-state index contributed by atoms with van der Waals surface area (Å²) >= 11 is 0. The number of aliphatic hydroxyl groups is 1. The van der Waals surface area contributed by atoms with Gasteiger partial charge in [-0.2, -0.15) is 5.26 Å². The first-order valence-electron chi connectivity index (χ1n) is 7.54. The van der Waals surface area contributed by atoms with Gasteiger partial charge in [-0.05, 0) is 36.4 Å². The van der Waals surface area contributed by atoms with Crippen LogP contribution in [0.25, 0.3) is 22.2 Å². The van der Waals surface area contributed by atoms with Crippen molar-refractivity contribution in [1.29, 1.82) is 5.26 Å². The lowest BCUT2D eigenvalue weighted by atomic mass is 10.0. The van der Waals surface area contributed by atoms with Crippen LogP contribution in [0.1, 0.15) is 15.9 Å². The molecule has 0 aliphatic heterocycles. The van der Waals surface area contributed by atoms with Crippen molar-refractivity contribution in [2.75, 3.05) is 13.2 Å². The molecule has 3 rings (SSSR count). The van der Waals surface area contributed by atoms with E-state index in [2.05, 4.69) is 11.1 Å². The molecule has 0 unspecified atom stereocenters. The molecule has 1 heterocycles. The van der Waals surface area contributed by atoms with E-state index in [4.69, 9.17) is 9.84 Å². The highest BCUT2D eigenvalue weighted by molar-refractivity contribution is 5.91. The van der Waals surface area contributed by atoms with Gasteiger partial charge in [-0.15, -0.1) is 0 Å². The van der Waals surface area contributed by atoms with Crippen molar-refractivity contribution in [3.8, 4) is 23.1 Å². The number of pyridine rings is 1. The van der Waals surface area contributed by atoms with Crippen LogP contribution >= 0.6 is 0 Å². The summed E-state index contributed by atoms with van der Waals surface area (Å²) in [5.41, 5.74) is 2.40. The number of esters is 1. The first-order valence-corrected chi connectivity index (χ1v) is 7.54. The van der Waals surface area contributed by atoms with Gasteiger partial charge in [-0.3, -0.25) is 0 Å². The number of carbonyl (C=O) groups is 1. The largest absolute Gasteiger partial charge is 0.508 e. The van der Waals surface area contributed by atoms with E-state index in [0.29, 0.717) is 22.3 Å². The number of hydrogen-bond donors (Lipinski definition) is 2. The molecular formula is C19H14N2O4. The molecule has 1 aromatic heterocycles. The highest BCUT2D eigenvalue weighted by Crippen LogP contribution is 2.26. The van der Waals surface area contributed by atoms with Crippen LogP contribution in [0.4, 0.5) is 0 Å². The van der Waals surface area contributed by atoms with Crippen LogP contribution in [-0.2, 0) is 4.74 Å². The number of hydrogen-bond acceptors (Lipinski definition) is 6. The number of aromatic hydroxyl groups is 1. The normalized spacial score (nSPS) is 10.4. The Morgan fingerprint density at radius 1 is 1.16 bits per heavy atom. The second-order valence-corrected chi connectivity index (χ2v) is 5.31. The summed E-state index contributed by atoms with van der Waals surface area (Å²) in [6, 6.07) is 15.1. The van der Waals surface area contributed by atoms with Gasteiger partial charge in [0.2, 0.25) is 0 Å². The van der Waals surface area contributed by atoms with Crippen molar-refractivity contribution >= 4 is 16.9 Å². The topological polar surface area (TPSA) is 103 Å². The number of aromatic nitrogens is 1. The minimum Gasteiger partial charge on any atom is -0.508 e. The number of phenols is 1. The highest BCUT2D eigenvalue weighted by Gasteiger charge is 2.13. The fourth-order valence-corrected chi connectivity index (χ4v) is 2.47. The zero-order valence-corrected chi connectivity index (χ0v) is 13.1. The Bertz CT molecular complexity index is 992. The molecule has 2 N–H and O–H groups in total. The molecule has 0 saturated heterocycles. The van der Waals surface area contributed by atoms with E-state index in [1.165, 1.54) is 6.07 Å². The number of phenolic OH excluding ortho intramolecular Hbond substituents is 1. The summed E-state index contributed by atoms with van der Waals surface area (Å²) in [5, 5.41) is 28.4. The monoisotopic (exact) mass is 334 g/mol. The van der Waals surface area contributed by atoms with Gasteiger partial charge in [-0.25, -0.2) is 9.78 Å². The van der Waals surface area contributed by atoms with E-state index in [1.54, 1.807) is 36.4 Å². The molecule has 0 saturated carbocycles. The summed E-state index contributed by atoms with van der Waals surface area (Å²) in [4.78, 5) is 16.4. The molecule has 2 aromatic carbocycles. The quantitative estimate of drug-likeness (QED) is 0.711. The molecule has 0 spiro atoms. The first-order chi connectivity index (χ1) is 12.1. The lowest BCUT2D eigenvalue weighted by Gasteiger charge is -2.08. The fraction of sp³-hybridized carbons (Fsp3) is 0.105. The van der Waals surface area contributed by atoms with E-state index in [9.17, 15) is 15.2 Å². The van der Waals surface area contributed by atoms with Gasteiger partial charge >= 0.3 is 5.97 Å². The van der Waals surface area contributed by atoms with Crippen LogP contribution in [-0.4, -0.2) is 34.4 Å². The van der Waals surface area contributed by atoms with E-state index >= 15 is 0 Å². The van der Waals surface area contributed by atoms with E-state index in [-0.39, 0.29) is 24.5 Å². The molecule has 0 aliphatic rings. The average Bonchev–Trinajstić information content (AvgIpc) is 2.65. The number of nitrogens with zero attached hydrogens (tertiary/aromatic N) is 2. The van der Waals surface area contributed by atoms with Crippen LogP contribution in [0.3, 0.4) is 0 Å². The molecule has 0 aliphatic carbocycles. The van der Waals surface area contributed by atoms with Gasteiger partial charge in [0, 0.05) is 10.9 Å². The predicted octanol–water partition coefficient (Wildman–Crippen LogP) is 2.63. The van der Waals surface area contributed by atoms with Gasteiger partial charge in [0.1, 0.15) is 12.4 Å². The highest BCUT2D eigenvalue weighted by atomic mass is 16.5. The Balaban J connectivity index is 2.01. The second kappa shape index (κ2) is 6.99. The number of benzene rings is 2. The lowest BCUT2D eigenvalue weighted by molar-refractivity contribution is 0.0433. The van der Waals surface area contributed by atoms with E-state index < -0.39 is 5.97 Å². The third kappa shape index (κ3) is 3.42. The zero-order valence-electron chi connectivity index (χ0n) is 13.1. The number of carbonyl (C=O) groups excluding carboxylic acids is 1. The fourth-order valence-electron chi connectivity index (χ4n) is 2.47. The summed E-state index contributed by atoms with van der Waals surface area (Å²) in [6.07, 6.45) is 0. The molecular weight excluding hydrogens is 320 g/mol. The van der Waals surface area contributed by atoms with Gasteiger partial charge in [-0.1, -0.05) is 12.1 Å². The molecule has 6 heteroatoms. The molecule has 25 heavy (non-hydrogen) atoms. The summed E-state index contributed by atoms with van der Waals surface area (Å²) < 4.78 is 4.85. The van der Waals surface area contributed by atoms with Crippen molar-refractivity contribution in [2.24, 2.45) is 0 Å². The van der Waals surface area contributed by atoms with Crippen molar-refractivity contribution in [2.45, 2.75) is 0 Å². The molecule has 0 amide bonds. The maximum atomic E-state index is 11.8. The number of fused-ring (bicyclic) bond motifs is 1. The molecule has 124 valence electrons. The first kappa shape index (κ1) is 16.4. The molecule has 3 aromatic rings. The molecule has 0 bridgehead atoms. The van der Waals surface area contributed by atoms with Gasteiger partial charge in [0.05, 0.1) is 35.0 Å². The minimum absolute atomic E-state index is 0.0957. The number of rotatable bonds is 4. The Kier molecular flexibility index (Phi) is 4.59. The maximum Gasteiger partial charge on any atom is 0.338 e. The Hall–Kier alpha value is -3.43. The number of ether oxygens (including phenoxy) is 1. The zero-order chi connectivity index (χ0) is 17.8. The third-order valence-electron chi connectivity index (χ3n) is 3.65. The smallest absolute Gasteiger partial charge is 0.338 e. The lowest BCUT2D eigenvalue weighted by Crippen LogP contribution is -2.09. The maximum absolute atomic E-state index is 11.8. The Morgan fingerprint density at radius 3 is 2.76 bits per heavy atom. The Morgan fingerprint density at radius 2 is 2.00 bits per heavy atom. The summed E-state index contributed by atoms with van der Waals surface area (Å²) in [6.45, 7) is -0.354. The Labute approximate surface area is 143 Å². The number of aliphatic hydroxyl groups excluding tert-OH is 1. The molecule has 6 nitrogen and oxygen atoms in total. The number of nitriles is 1. The van der Waals surface area contributed by atoms with Crippen molar-refractivity contribution in [3.05, 3.63) is 59.7 Å². The van der Waals surface area contributed by atoms with Crippen LogP contribution in [0.15, 0.2) is 48.5 Å². The standard InChI is InChI=1S/C19H14N2O4/c20-11-14-9-13(19(24)25-8-7-22)1-4-16(14)18-5-2-12-10-15(23)3-6-17(12)21-18/h1-6,9-10,22-23H,7-8H2. The average molecular weight is 334 g/mol. The summed E-state index contributed by atoms with van der Waals surface area (Å²) in [7, 11) is 0. The molecule has 0 radical (unpaired) electrons. The van der Waals surface area contributed by atoms with Gasteiger partial charge in [0.25, 0.3) is 0 Å². The van der Waals surface area contributed by atoms with Crippen LogP contribution in [0.2, 0.25) is 0 Å².